The van der Waals surface area contributed by atoms with Gasteiger partial charge in [0, 0.05) is 12.1 Å². The zero-order chi connectivity index (χ0) is 14.8. The van der Waals surface area contributed by atoms with Gasteiger partial charge in [0.25, 0.3) is 0 Å². The first-order valence-corrected chi connectivity index (χ1v) is 6.91. The fourth-order valence-corrected chi connectivity index (χ4v) is 1.89. The second kappa shape index (κ2) is 5.99. The van der Waals surface area contributed by atoms with E-state index in [9.17, 15) is 10.2 Å². The van der Waals surface area contributed by atoms with Crippen molar-refractivity contribution in [3.05, 3.63) is 23.8 Å². The molecule has 0 bridgehead atoms. The third kappa shape index (κ3) is 3.42. The Bertz CT molecular complexity index is 459. The lowest BCUT2D eigenvalue weighted by Gasteiger charge is -2.30. The number of ether oxygens (including phenoxy) is 2. The normalized spacial score (nSPS) is 17.6. The Morgan fingerprint density at radius 2 is 1.85 bits per heavy atom. The van der Waals surface area contributed by atoms with Crippen molar-refractivity contribution in [2.45, 2.75) is 38.5 Å². The number of β-amino-alcohol motifs (C(OH)–C–C–N with tert-alkyl or cyclic N) is 1. The number of rotatable bonds is 5. The van der Waals surface area contributed by atoms with Crippen LogP contribution in [0.25, 0.3) is 0 Å². The number of hydrogen-bond acceptors (Lipinski definition) is 5. The predicted molar refractivity (Wildman–Crippen MR) is 76.2 cm³/mol. The van der Waals surface area contributed by atoms with Gasteiger partial charge in [-0.05, 0) is 38.5 Å². The number of hydrogen-bond donors (Lipinski definition) is 3. The molecule has 1 aliphatic heterocycles. The molecular formula is C15H23NO4. The van der Waals surface area contributed by atoms with E-state index < -0.39 is 17.7 Å². The third-order valence-electron chi connectivity index (χ3n) is 3.75. The largest absolute Gasteiger partial charge is 0.486 e. The number of benzene rings is 1. The van der Waals surface area contributed by atoms with E-state index in [-0.39, 0.29) is 0 Å². The molecule has 112 valence electrons. The third-order valence-corrected chi connectivity index (χ3v) is 3.75. The number of nitrogens with one attached hydrogen (secondary N) is 1. The van der Waals surface area contributed by atoms with Gasteiger partial charge < -0.3 is 25.0 Å². The maximum atomic E-state index is 10.2. The first kappa shape index (κ1) is 15.1. The molecule has 0 aliphatic carbocycles. The van der Waals surface area contributed by atoms with Gasteiger partial charge in [0.15, 0.2) is 11.5 Å². The van der Waals surface area contributed by atoms with E-state index >= 15 is 0 Å². The van der Waals surface area contributed by atoms with Crippen LogP contribution in [-0.4, -0.2) is 41.6 Å². The molecule has 0 amide bonds. The lowest BCUT2D eigenvalue weighted by molar-refractivity contribution is 0.0802. The summed E-state index contributed by atoms with van der Waals surface area (Å²) in [5.41, 5.74) is 0.317. The Labute approximate surface area is 119 Å². The number of aliphatic hydroxyl groups is 2. The van der Waals surface area contributed by atoms with Gasteiger partial charge in [-0.3, -0.25) is 0 Å². The Balaban J connectivity index is 2.01. The SMILES string of the molecule is CC(O)C(C)(C)NCC(O)c1ccc2c(c1)OCCO2. The fourth-order valence-electron chi connectivity index (χ4n) is 1.89. The summed E-state index contributed by atoms with van der Waals surface area (Å²) < 4.78 is 10.9. The highest BCUT2D eigenvalue weighted by Crippen LogP contribution is 2.32. The van der Waals surface area contributed by atoms with Crippen LogP contribution in [0, 0.1) is 0 Å². The molecule has 3 N–H and O–H groups in total. The van der Waals surface area contributed by atoms with E-state index in [0.29, 0.717) is 31.3 Å². The predicted octanol–water partition coefficient (Wildman–Crippen LogP) is 1.24. The van der Waals surface area contributed by atoms with Crippen molar-refractivity contribution < 1.29 is 19.7 Å². The second-order valence-electron chi connectivity index (χ2n) is 5.70. The molecule has 1 heterocycles. The average Bonchev–Trinajstić information content (AvgIpc) is 2.44. The highest BCUT2D eigenvalue weighted by molar-refractivity contribution is 5.44. The highest BCUT2D eigenvalue weighted by Gasteiger charge is 2.24. The molecule has 0 radical (unpaired) electrons. The molecule has 0 saturated carbocycles. The second-order valence-corrected chi connectivity index (χ2v) is 5.70. The molecule has 5 nitrogen and oxygen atoms in total. The van der Waals surface area contributed by atoms with Crippen LogP contribution in [-0.2, 0) is 0 Å². The first-order valence-electron chi connectivity index (χ1n) is 6.91. The summed E-state index contributed by atoms with van der Waals surface area (Å²) in [5.74, 6) is 1.38. The van der Waals surface area contributed by atoms with Gasteiger partial charge in [-0.15, -0.1) is 0 Å². The minimum absolute atomic E-state index is 0.359. The average molecular weight is 281 g/mol. The zero-order valence-corrected chi connectivity index (χ0v) is 12.2. The van der Waals surface area contributed by atoms with E-state index in [1.807, 2.05) is 26.0 Å². The minimum Gasteiger partial charge on any atom is -0.486 e. The summed E-state index contributed by atoms with van der Waals surface area (Å²) in [6, 6.07) is 5.44. The van der Waals surface area contributed by atoms with Crippen molar-refractivity contribution in [1.29, 1.82) is 0 Å². The van der Waals surface area contributed by atoms with Crippen LogP contribution in [0.4, 0.5) is 0 Å². The van der Waals surface area contributed by atoms with Gasteiger partial charge in [0.1, 0.15) is 13.2 Å². The summed E-state index contributed by atoms with van der Waals surface area (Å²) in [5, 5.41) is 23.0. The molecular weight excluding hydrogens is 258 g/mol. The van der Waals surface area contributed by atoms with Crippen LogP contribution in [0.5, 0.6) is 11.5 Å². The quantitative estimate of drug-likeness (QED) is 0.757. The molecule has 0 spiro atoms. The van der Waals surface area contributed by atoms with E-state index in [4.69, 9.17) is 9.47 Å². The maximum Gasteiger partial charge on any atom is 0.161 e. The van der Waals surface area contributed by atoms with Gasteiger partial charge in [0.2, 0.25) is 0 Å². The summed E-state index contributed by atoms with van der Waals surface area (Å²) in [6.45, 7) is 6.96. The smallest absolute Gasteiger partial charge is 0.161 e. The van der Waals surface area contributed by atoms with Gasteiger partial charge in [0.05, 0.1) is 12.2 Å². The number of fused-ring (bicyclic) bond motifs is 1. The molecule has 2 atom stereocenters. The Hall–Kier alpha value is -1.30. The molecule has 0 saturated heterocycles. The van der Waals surface area contributed by atoms with Crippen molar-refractivity contribution in [3.63, 3.8) is 0 Å². The van der Waals surface area contributed by atoms with Crippen LogP contribution >= 0.6 is 0 Å². The number of aliphatic hydroxyl groups excluding tert-OH is 2. The van der Waals surface area contributed by atoms with Gasteiger partial charge in [-0.2, -0.15) is 0 Å². The zero-order valence-electron chi connectivity index (χ0n) is 12.2. The van der Waals surface area contributed by atoms with E-state index in [1.165, 1.54) is 0 Å². The Morgan fingerprint density at radius 3 is 2.50 bits per heavy atom. The standard InChI is InChI=1S/C15H23NO4/c1-10(17)15(2,3)16-9-12(18)11-4-5-13-14(8-11)20-7-6-19-13/h4-5,8,10,12,16-18H,6-7,9H2,1-3H3. The van der Waals surface area contributed by atoms with Crippen LogP contribution in [0.15, 0.2) is 18.2 Å². The molecule has 1 aromatic carbocycles. The van der Waals surface area contributed by atoms with Crippen molar-refractivity contribution in [2.24, 2.45) is 0 Å². The molecule has 1 aliphatic rings. The van der Waals surface area contributed by atoms with Gasteiger partial charge in [-0.1, -0.05) is 6.07 Å². The summed E-state index contributed by atoms with van der Waals surface area (Å²) in [6.07, 6.45) is -1.17. The minimum atomic E-state index is -0.663. The molecule has 2 unspecified atom stereocenters. The van der Waals surface area contributed by atoms with E-state index in [2.05, 4.69) is 5.32 Å². The fraction of sp³-hybridized carbons (Fsp3) is 0.600. The molecule has 1 aromatic rings. The molecule has 0 aromatic heterocycles. The summed E-state index contributed by atoms with van der Waals surface area (Å²) in [7, 11) is 0. The van der Waals surface area contributed by atoms with E-state index in [1.54, 1.807) is 13.0 Å². The summed E-state index contributed by atoms with van der Waals surface area (Å²) in [4.78, 5) is 0. The van der Waals surface area contributed by atoms with Crippen molar-refractivity contribution in [3.8, 4) is 11.5 Å². The van der Waals surface area contributed by atoms with Crippen molar-refractivity contribution >= 4 is 0 Å². The Morgan fingerprint density at radius 1 is 1.20 bits per heavy atom. The molecule has 0 fully saturated rings. The lowest BCUT2D eigenvalue weighted by Crippen LogP contribution is -2.49. The van der Waals surface area contributed by atoms with Crippen LogP contribution in [0.1, 0.15) is 32.4 Å². The first-order chi connectivity index (χ1) is 9.40. The van der Waals surface area contributed by atoms with Gasteiger partial charge >= 0.3 is 0 Å². The van der Waals surface area contributed by atoms with Crippen LogP contribution in [0.3, 0.4) is 0 Å². The molecule has 5 heteroatoms. The Kier molecular flexibility index (Phi) is 4.52. The highest BCUT2D eigenvalue weighted by atomic mass is 16.6. The van der Waals surface area contributed by atoms with E-state index in [0.717, 1.165) is 5.56 Å². The van der Waals surface area contributed by atoms with Gasteiger partial charge in [-0.25, -0.2) is 0 Å². The topological polar surface area (TPSA) is 71.0 Å². The van der Waals surface area contributed by atoms with Crippen LogP contribution < -0.4 is 14.8 Å². The van der Waals surface area contributed by atoms with Crippen molar-refractivity contribution in [2.75, 3.05) is 19.8 Å². The molecule has 2 rings (SSSR count). The lowest BCUT2D eigenvalue weighted by atomic mass is 9.98. The summed E-state index contributed by atoms with van der Waals surface area (Å²) >= 11 is 0. The molecule has 20 heavy (non-hydrogen) atoms. The van der Waals surface area contributed by atoms with Crippen molar-refractivity contribution in [1.82, 2.24) is 5.32 Å². The maximum absolute atomic E-state index is 10.2. The van der Waals surface area contributed by atoms with Crippen LogP contribution in [0.2, 0.25) is 0 Å². The monoisotopic (exact) mass is 281 g/mol.